The van der Waals surface area contributed by atoms with E-state index >= 15 is 0 Å². The van der Waals surface area contributed by atoms with Gasteiger partial charge in [0.2, 0.25) is 0 Å². The van der Waals surface area contributed by atoms with Crippen LogP contribution in [0.2, 0.25) is 0 Å². The van der Waals surface area contributed by atoms with Crippen LogP contribution in [0.5, 0.6) is 0 Å². The van der Waals surface area contributed by atoms with E-state index in [0.29, 0.717) is 11.4 Å². The SMILES string of the molecule is [C-]#[N+]c1ccc2c3ccccc3n(-c3cccc(-c4c([N+]#[C-])cccc4-n4c5ccccc5c5c(-n6c7ccccc7c7ccccc76)cccc54)c3)c2c1. The number of fused-ring (bicyclic) bond motifs is 9. The van der Waals surface area contributed by atoms with Crippen molar-refractivity contribution in [3.8, 4) is 28.2 Å². The van der Waals surface area contributed by atoms with Gasteiger partial charge in [0.15, 0.2) is 11.4 Å². The molecule has 0 aliphatic carbocycles. The number of aromatic nitrogens is 3. The van der Waals surface area contributed by atoms with Crippen LogP contribution < -0.4 is 0 Å². The highest BCUT2D eigenvalue weighted by molar-refractivity contribution is 6.17. The minimum absolute atomic E-state index is 0.580. The minimum Gasteiger partial charge on any atom is -0.310 e. The standard InChI is InChI=1S/C50H29N5/c1-51-33-28-29-38-37-18-3-7-21-41(37)53(48(38)31-33)34-15-11-14-32(30-34)49-40(52-2)20-12-25-45(49)55-44-24-10-6-19-39(44)50-46(26-13-27-47(50)55)54-42-22-8-4-16-35(42)36-17-5-9-23-43(36)54/h3-31H. The lowest BCUT2D eigenvalue weighted by molar-refractivity contribution is 1.17. The second-order valence-corrected chi connectivity index (χ2v) is 13.9. The van der Waals surface area contributed by atoms with Gasteiger partial charge in [-0.2, -0.15) is 0 Å². The molecule has 5 nitrogen and oxygen atoms in total. The van der Waals surface area contributed by atoms with Gasteiger partial charge in [-0.1, -0.05) is 115 Å². The first kappa shape index (κ1) is 30.7. The van der Waals surface area contributed by atoms with Crippen LogP contribution >= 0.6 is 0 Å². The van der Waals surface area contributed by atoms with E-state index < -0.39 is 0 Å². The van der Waals surface area contributed by atoms with Crippen molar-refractivity contribution >= 4 is 76.8 Å². The first-order valence-electron chi connectivity index (χ1n) is 18.3. The largest absolute Gasteiger partial charge is 0.310 e. The summed E-state index contributed by atoms with van der Waals surface area (Å²) >= 11 is 0. The van der Waals surface area contributed by atoms with Crippen molar-refractivity contribution in [3.05, 3.63) is 199 Å². The molecule has 0 saturated heterocycles. The summed E-state index contributed by atoms with van der Waals surface area (Å²) in [4.78, 5) is 7.87. The molecule has 0 fully saturated rings. The maximum absolute atomic E-state index is 8.40. The number of hydrogen-bond acceptors (Lipinski definition) is 0. The van der Waals surface area contributed by atoms with Crippen molar-refractivity contribution in [1.82, 2.24) is 13.7 Å². The molecule has 254 valence electrons. The Bertz CT molecular complexity index is 3420. The van der Waals surface area contributed by atoms with Crippen LogP contribution in [0.15, 0.2) is 176 Å². The lowest BCUT2D eigenvalue weighted by atomic mass is 10.00. The number of benzene rings is 8. The monoisotopic (exact) mass is 699 g/mol. The second-order valence-electron chi connectivity index (χ2n) is 13.9. The van der Waals surface area contributed by atoms with Crippen LogP contribution in [-0.2, 0) is 0 Å². The van der Waals surface area contributed by atoms with Crippen molar-refractivity contribution in [3.63, 3.8) is 0 Å². The molecule has 11 aromatic rings. The van der Waals surface area contributed by atoms with Crippen LogP contribution in [0, 0.1) is 13.1 Å². The van der Waals surface area contributed by atoms with Crippen molar-refractivity contribution < 1.29 is 0 Å². The molecule has 0 amide bonds. The first-order chi connectivity index (χ1) is 27.2. The molecule has 0 N–H and O–H groups in total. The molecule has 0 saturated carbocycles. The van der Waals surface area contributed by atoms with E-state index in [9.17, 15) is 0 Å². The van der Waals surface area contributed by atoms with Crippen LogP contribution in [0.3, 0.4) is 0 Å². The summed E-state index contributed by atoms with van der Waals surface area (Å²) in [5.74, 6) is 0. The minimum atomic E-state index is 0.580. The van der Waals surface area contributed by atoms with E-state index in [-0.39, 0.29) is 0 Å². The van der Waals surface area contributed by atoms with E-state index in [0.717, 1.165) is 82.8 Å². The Morgan fingerprint density at radius 3 is 1.56 bits per heavy atom. The summed E-state index contributed by atoms with van der Waals surface area (Å²) in [5, 5.41) is 6.96. The molecular formula is C50H29N5. The highest BCUT2D eigenvalue weighted by Crippen LogP contribution is 2.44. The Morgan fingerprint density at radius 1 is 0.364 bits per heavy atom. The van der Waals surface area contributed by atoms with Gasteiger partial charge in [0, 0.05) is 54.8 Å². The third kappa shape index (κ3) is 4.39. The first-order valence-corrected chi connectivity index (χ1v) is 18.3. The van der Waals surface area contributed by atoms with Gasteiger partial charge < -0.3 is 13.7 Å². The third-order valence-corrected chi connectivity index (χ3v) is 11.1. The molecule has 0 unspecified atom stereocenters. The number of para-hydroxylation sites is 4. The molecule has 3 aromatic heterocycles. The fourth-order valence-electron chi connectivity index (χ4n) is 8.84. The second kappa shape index (κ2) is 11.8. The lowest BCUT2D eigenvalue weighted by Gasteiger charge is -2.17. The average Bonchev–Trinajstić information content (AvgIpc) is 3.89. The van der Waals surface area contributed by atoms with Crippen molar-refractivity contribution in [2.24, 2.45) is 0 Å². The summed E-state index contributed by atoms with van der Waals surface area (Å²) < 4.78 is 6.97. The van der Waals surface area contributed by atoms with Gasteiger partial charge >= 0.3 is 0 Å². The predicted octanol–water partition coefficient (Wildman–Crippen LogP) is 13.7. The van der Waals surface area contributed by atoms with Gasteiger partial charge in [0.1, 0.15) is 0 Å². The van der Waals surface area contributed by atoms with Gasteiger partial charge in [-0.25, -0.2) is 9.69 Å². The molecule has 0 atom stereocenters. The molecule has 0 aliphatic rings. The summed E-state index contributed by atoms with van der Waals surface area (Å²) in [6.45, 7) is 16.1. The van der Waals surface area contributed by atoms with E-state index in [2.05, 4.69) is 169 Å². The summed E-state index contributed by atoms with van der Waals surface area (Å²) in [6, 6.07) is 61.2. The lowest BCUT2D eigenvalue weighted by Crippen LogP contribution is -1.99. The molecule has 11 rings (SSSR count). The molecular weight excluding hydrogens is 671 g/mol. The Morgan fingerprint density at radius 2 is 0.891 bits per heavy atom. The third-order valence-electron chi connectivity index (χ3n) is 11.1. The fourth-order valence-corrected chi connectivity index (χ4v) is 8.84. The van der Waals surface area contributed by atoms with E-state index in [1.165, 1.54) is 10.8 Å². The zero-order valence-electron chi connectivity index (χ0n) is 29.5. The molecule has 0 radical (unpaired) electrons. The summed E-state index contributed by atoms with van der Waals surface area (Å²) in [6.07, 6.45) is 0. The van der Waals surface area contributed by atoms with Gasteiger partial charge in [-0.15, -0.1) is 0 Å². The van der Waals surface area contributed by atoms with Crippen LogP contribution in [0.25, 0.3) is 103 Å². The highest BCUT2D eigenvalue weighted by Gasteiger charge is 2.22. The molecule has 0 aliphatic heterocycles. The molecule has 55 heavy (non-hydrogen) atoms. The number of rotatable bonds is 4. The van der Waals surface area contributed by atoms with Crippen LogP contribution in [0.1, 0.15) is 0 Å². The van der Waals surface area contributed by atoms with Gasteiger partial charge in [0.25, 0.3) is 0 Å². The van der Waals surface area contributed by atoms with Gasteiger partial charge in [-0.3, -0.25) is 0 Å². The molecule has 8 aromatic carbocycles. The smallest absolute Gasteiger partial charge is 0.196 e. The predicted molar refractivity (Wildman–Crippen MR) is 227 cm³/mol. The Kier molecular flexibility index (Phi) is 6.61. The average molecular weight is 700 g/mol. The maximum Gasteiger partial charge on any atom is 0.196 e. The van der Waals surface area contributed by atoms with Crippen molar-refractivity contribution in [2.45, 2.75) is 0 Å². The quantitative estimate of drug-likeness (QED) is 0.163. The molecule has 0 bridgehead atoms. The molecule has 5 heteroatoms. The Hall–Kier alpha value is -7.86. The normalized spacial score (nSPS) is 11.6. The number of hydrogen-bond donors (Lipinski definition) is 0. The van der Waals surface area contributed by atoms with Gasteiger partial charge in [-0.05, 0) is 66.2 Å². The van der Waals surface area contributed by atoms with E-state index in [4.69, 9.17) is 13.1 Å². The fraction of sp³-hybridized carbons (Fsp3) is 0. The molecule has 0 spiro atoms. The van der Waals surface area contributed by atoms with Crippen LogP contribution in [0.4, 0.5) is 11.4 Å². The Labute approximate surface area is 316 Å². The number of nitrogens with zero attached hydrogens (tertiary/aromatic N) is 5. The summed E-state index contributed by atoms with van der Waals surface area (Å²) in [5.41, 5.74) is 12.5. The van der Waals surface area contributed by atoms with E-state index in [1.54, 1.807) is 0 Å². The highest BCUT2D eigenvalue weighted by atomic mass is 15.0. The topological polar surface area (TPSA) is 23.5 Å². The molecule has 3 heterocycles. The summed E-state index contributed by atoms with van der Waals surface area (Å²) in [7, 11) is 0. The van der Waals surface area contributed by atoms with Crippen molar-refractivity contribution in [2.75, 3.05) is 0 Å². The van der Waals surface area contributed by atoms with E-state index in [1.807, 2.05) is 30.3 Å². The van der Waals surface area contributed by atoms with Crippen LogP contribution in [-0.4, -0.2) is 13.7 Å². The Balaban J connectivity index is 1.20. The maximum atomic E-state index is 8.40. The van der Waals surface area contributed by atoms with Crippen molar-refractivity contribution in [1.29, 1.82) is 0 Å². The zero-order valence-corrected chi connectivity index (χ0v) is 29.5. The van der Waals surface area contributed by atoms with Gasteiger partial charge in [0.05, 0.1) is 46.4 Å². The zero-order chi connectivity index (χ0) is 36.6.